The number of hydrogen-bond donors (Lipinski definition) is 2. The molecule has 0 unspecified atom stereocenters. The highest BCUT2D eigenvalue weighted by Gasteiger charge is 2.17. The van der Waals surface area contributed by atoms with E-state index in [1.807, 2.05) is 0 Å². The quantitative estimate of drug-likeness (QED) is 0.771. The molecule has 1 heterocycles. The van der Waals surface area contributed by atoms with Crippen LogP contribution in [0.15, 0.2) is 30.3 Å². The molecule has 1 saturated heterocycles. The van der Waals surface area contributed by atoms with Crippen molar-refractivity contribution in [3.05, 3.63) is 35.9 Å². The number of rotatable bonds is 2. The fourth-order valence-electron chi connectivity index (χ4n) is 1.85. The number of carbonyl (C=O) groups is 2. The molecule has 1 fully saturated rings. The molecular formula is C14H16N2O3. The molecule has 0 aromatic heterocycles. The van der Waals surface area contributed by atoms with E-state index in [2.05, 4.69) is 5.32 Å². The molecule has 0 aliphatic carbocycles. The summed E-state index contributed by atoms with van der Waals surface area (Å²) < 4.78 is 0. The highest BCUT2D eigenvalue weighted by atomic mass is 16.3. The summed E-state index contributed by atoms with van der Waals surface area (Å²) in [4.78, 5) is 24.8. The van der Waals surface area contributed by atoms with Crippen molar-refractivity contribution in [2.75, 3.05) is 19.6 Å². The fraction of sp³-hybridized carbons (Fsp3) is 0.286. The van der Waals surface area contributed by atoms with E-state index in [9.17, 15) is 9.59 Å². The molecule has 1 aliphatic heterocycles. The van der Waals surface area contributed by atoms with Gasteiger partial charge in [0.2, 0.25) is 11.8 Å². The van der Waals surface area contributed by atoms with Crippen LogP contribution in [0.5, 0.6) is 5.75 Å². The minimum absolute atomic E-state index is 0.110. The summed E-state index contributed by atoms with van der Waals surface area (Å²) in [7, 11) is 0. The van der Waals surface area contributed by atoms with Gasteiger partial charge >= 0.3 is 0 Å². The third-order valence-electron chi connectivity index (χ3n) is 2.88. The van der Waals surface area contributed by atoms with Gasteiger partial charge in [0.1, 0.15) is 5.75 Å². The SMILES string of the molecule is O=C1CN(C(=O)C=Cc2ccc(O)cc2)CCCN1. The van der Waals surface area contributed by atoms with Gasteiger partial charge < -0.3 is 15.3 Å². The molecule has 1 aromatic rings. The minimum atomic E-state index is -0.176. The molecule has 0 spiro atoms. The van der Waals surface area contributed by atoms with Gasteiger partial charge in [-0.05, 0) is 30.2 Å². The van der Waals surface area contributed by atoms with Gasteiger partial charge in [0.15, 0.2) is 0 Å². The lowest BCUT2D eigenvalue weighted by Gasteiger charge is -2.16. The molecule has 5 heteroatoms. The van der Waals surface area contributed by atoms with E-state index in [1.54, 1.807) is 30.3 Å². The molecule has 1 aliphatic rings. The van der Waals surface area contributed by atoms with Crippen LogP contribution in [-0.4, -0.2) is 41.5 Å². The third kappa shape index (κ3) is 3.84. The molecule has 2 amide bonds. The van der Waals surface area contributed by atoms with Crippen LogP contribution in [0.3, 0.4) is 0 Å². The number of phenols is 1. The van der Waals surface area contributed by atoms with Gasteiger partial charge in [-0.3, -0.25) is 9.59 Å². The Bertz CT molecular complexity index is 494. The third-order valence-corrected chi connectivity index (χ3v) is 2.88. The van der Waals surface area contributed by atoms with E-state index in [0.717, 1.165) is 12.0 Å². The Hall–Kier alpha value is -2.30. The minimum Gasteiger partial charge on any atom is -0.508 e. The number of carbonyl (C=O) groups excluding carboxylic acids is 2. The zero-order valence-corrected chi connectivity index (χ0v) is 10.5. The van der Waals surface area contributed by atoms with Gasteiger partial charge in [-0.25, -0.2) is 0 Å². The number of phenolic OH excluding ortho intramolecular Hbond substituents is 1. The Labute approximate surface area is 111 Å². The zero-order valence-electron chi connectivity index (χ0n) is 10.5. The second-order valence-electron chi connectivity index (χ2n) is 4.39. The largest absolute Gasteiger partial charge is 0.508 e. The number of aromatic hydroxyl groups is 1. The second-order valence-corrected chi connectivity index (χ2v) is 4.39. The normalized spacial score (nSPS) is 16.2. The van der Waals surface area contributed by atoms with Gasteiger partial charge in [-0.2, -0.15) is 0 Å². The predicted octanol–water partition coefficient (Wildman–Crippen LogP) is 0.754. The van der Waals surface area contributed by atoms with Crippen molar-refractivity contribution in [3.8, 4) is 5.75 Å². The molecule has 2 rings (SSSR count). The first-order valence-corrected chi connectivity index (χ1v) is 6.18. The van der Waals surface area contributed by atoms with Gasteiger partial charge in [0.25, 0.3) is 0 Å². The zero-order chi connectivity index (χ0) is 13.7. The van der Waals surface area contributed by atoms with Crippen LogP contribution in [0.1, 0.15) is 12.0 Å². The number of nitrogens with one attached hydrogen (secondary N) is 1. The summed E-state index contributed by atoms with van der Waals surface area (Å²) in [6, 6.07) is 6.55. The van der Waals surface area contributed by atoms with Crippen molar-refractivity contribution in [2.24, 2.45) is 0 Å². The monoisotopic (exact) mass is 260 g/mol. The standard InChI is InChI=1S/C14H16N2O3/c17-12-5-2-11(3-6-12)4-7-14(19)16-9-1-8-15-13(18)10-16/h2-7,17H,1,8-10H2,(H,15,18). The fourth-order valence-corrected chi connectivity index (χ4v) is 1.85. The molecule has 19 heavy (non-hydrogen) atoms. The highest BCUT2D eigenvalue weighted by Crippen LogP contribution is 2.11. The van der Waals surface area contributed by atoms with E-state index in [0.29, 0.717) is 13.1 Å². The smallest absolute Gasteiger partial charge is 0.247 e. The number of hydrogen-bond acceptors (Lipinski definition) is 3. The maximum Gasteiger partial charge on any atom is 0.247 e. The maximum absolute atomic E-state index is 11.9. The first-order chi connectivity index (χ1) is 9.15. The van der Waals surface area contributed by atoms with Crippen LogP contribution in [0.2, 0.25) is 0 Å². The van der Waals surface area contributed by atoms with Crippen molar-refractivity contribution in [1.29, 1.82) is 0 Å². The molecule has 0 bridgehead atoms. The number of amides is 2. The molecule has 1 aromatic carbocycles. The van der Waals surface area contributed by atoms with Crippen LogP contribution in [0, 0.1) is 0 Å². The van der Waals surface area contributed by atoms with Gasteiger partial charge in [0.05, 0.1) is 6.54 Å². The summed E-state index contributed by atoms with van der Waals surface area (Å²) in [5.41, 5.74) is 0.824. The van der Waals surface area contributed by atoms with Crippen LogP contribution in [0.4, 0.5) is 0 Å². The van der Waals surface area contributed by atoms with Crippen molar-refractivity contribution >= 4 is 17.9 Å². The summed E-state index contributed by atoms with van der Waals surface area (Å²) in [6.07, 6.45) is 3.89. The van der Waals surface area contributed by atoms with Crippen molar-refractivity contribution in [1.82, 2.24) is 10.2 Å². The Kier molecular flexibility index (Phi) is 4.18. The van der Waals surface area contributed by atoms with Crippen LogP contribution < -0.4 is 5.32 Å². The maximum atomic E-state index is 11.9. The summed E-state index contributed by atoms with van der Waals surface area (Å²) in [6.45, 7) is 1.31. The highest BCUT2D eigenvalue weighted by molar-refractivity contribution is 5.94. The first-order valence-electron chi connectivity index (χ1n) is 6.18. The first kappa shape index (κ1) is 13.1. The van der Waals surface area contributed by atoms with Crippen LogP contribution in [-0.2, 0) is 9.59 Å². The average molecular weight is 260 g/mol. The van der Waals surface area contributed by atoms with E-state index in [-0.39, 0.29) is 24.1 Å². The Balaban J connectivity index is 1.99. The summed E-state index contributed by atoms with van der Waals surface area (Å²) >= 11 is 0. The summed E-state index contributed by atoms with van der Waals surface area (Å²) in [5.74, 6) is -0.110. The van der Waals surface area contributed by atoms with Crippen molar-refractivity contribution < 1.29 is 14.7 Å². The van der Waals surface area contributed by atoms with E-state index in [1.165, 1.54) is 11.0 Å². The van der Waals surface area contributed by atoms with Crippen molar-refractivity contribution in [3.63, 3.8) is 0 Å². The number of benzene rings is 1. The van der Waals surface area contributed by atoms with Gasteiger partial charge in [-0.1, -0.05) is 12.1 Å². The second kappa shape index (κ2) is 6.04. The molecule has 100 valence electrons. The van der Waals surface area contributed by atoms with Crippen molar-refractivity contribution in [2.45, 2.75) is 6.42 Å². The molecule has 0 radical (unpaired) electrons. The predicted molar refractivity (Wildman–Crippen MR) is 71.3 cm³/mol. The van der Waals surface area contributed by atoms with Gasteiger partial charge in [-0.15, -0.1) is 0 Å². The molecule has 0 atom stereocenters. The van der Waals surface area contributed by atoms with E-state index >= 15 is 0 Å². The van der Waals surface area contributed by atoms with E-state index in [4.69, 9.17) is 5.11 Å². The molecule has 0 saturated carbocycles. The number of nitrogens with zero attached hydrogens (tertiary/aromatic N) is 1. The van der Waals surface area contributed by atoms with E-state index < -0.39 is 0 Å². The lowest BCUT2D eigenvalue weighted by atomic mass is 10.2. The lowest BCUT2D eigenvalue weighted by Crippen LogP contribution is -2.36. The van der Waals surface area contributed by atoms with Crippen LogP contribution in [0.25, 0.3) is 6.08 Å². The Morgan fingerprint density at radius 3 is 2.79 bits per heavy atom. The summed E-state index contributed by atoms with van der Waals surface area (Å²) in [5, 5.41) is 11.9. The Morgan fingerprint density at radius 2 is 2.05 bits per heavy atom. The van der Waals surface area contributed by atoms with Gasteiger partial charge in [0, 0.05) is 19.2 Å². The lowest BCUT2D eigenvalue weighted by molar-refractivity contribution is -0.131. The average Bonchev–Trinajstić information content (AvgIpc) is 2.62. The molecular weight excluding hydrogens is 244 g/mol. The molecule has 5 nitrogen and oxygen atoms in total. The Morgan fingerprint density at radius 1 is 1.32 bits per heavy atom. The molecule has 2 N–H and O–H groups in total. The van der Waals surface area contributed by atoms with Crippen LogP contribution >= 0.6 is 0 Å². The topological polar surface area (TPSA) is 69.6 Å².